The van der Waals surface area contributed by atoms with E-state index in [1.807, 2.05) is 28.1 Å². The van der Waals surface area contributed by atoms with Crippen LogP contribution in [-0.2, 0) is 28.6 Å². The molecule has 2 unspecified atom stereocenters. The highest BCUT2D eigenvalue weighted by Crippen LogP contribution is 2.11. The molecular formula is C31H56NO7+. The maximum Gasteiger partial charge on any atom is 0.362 e. The Morgan fingerprint density at radius 2 is 1.41 bits per heavy atom. The fraction of sp³-hybridized carbons (Fsp3) is 0.774. The lowest BCUT2D eigenvalue weighted by molar-refractivity contribution is -0.887. The predicted octanol–water partition coefficient (Wildman–Crippen LogP) is 6.23. The van der Waals surface area contributed by atoms with Crippen LogP contribution in [0.5, 0.6) is 0 Å². The summed E-state index contributed by atoms with van der Waals surface area (Å²) in [6.07, 6.45) is 20.7. The fourth-order valence-corrected chi connectivity index (χ4v) is 3.97. The van der Waals surface area contributed by atoms with E-state index in [9.17, 15) is 19.5 Å². The summed E-state index contributed by atoms with van der Waals surface area (Å²) in [5.74, 6) is -1.56. The molecule has 0 saturated carbocycles. The summed E-state index contributed by atoms with van der Waals surface area (Å²) in [5.41, 5.74) is 0. The van der Waals surface area contributed by atoms with Gasteiger partial charge in [-0.15, -0.1) is 0 Å². The molecule has 2 atom stereocenters. The molecule has 0 radical (unpaired) electrons. The number of rotatable bonds is 25. The molecule has 0 heterocycles. The summed E-state index contributed by atoms with van der Waals surface area (Å²) in [5, 5.41) is 9.45. The van der Waals surface area contributed by atoms with Gasteiger partial charge in [0.2, 0.25) is 0 Å². The maximum atomic E-state index is 12.4. The first kappa shape index (κ1) is 36.8. The third-order valence-electron chi connectivity index (χ3n) is 6.32. The summed E-state index contributed by atoms with van der Waals surface area (Å²) in [7, 11) is 5.47. The highest BCUT2D eigenvalue weighted by molar-refractivity contribution is 5.72. The quantitative estimate of drug-likeness (QED) is 0.0618. The fourth-order valence-electron chi connectivity index (χ4n) is 3.97. The van der Waals surface area contributed by atoms with Gasteiger partial charge in [-0.2, -0.15) is 0 Å². The number of ether oxygens (including phenoxy) is 3. The van der Waals surface area contributed by atoms with Crippen LogP contribution in [0, 0.1) is 0 Å². The van der Waals surface area contributed by atoms with Gasteiger partial charge >= 0.3 is 17.9 Å². The molecule has 0 aliphatic carbocycles. The van der Waals surface area contributed by atoms with Crippen molar-refractivity contribution in [3.8, 4) is 0 Å². The van der Waals surface area contributed by atoms with E-state index >= 15 is 0 Å². The number of carboxylic acids is 1. The molecule has 0 fully saturated rings. The zero-order valence-electron chi connectivity index (χ0n) is 25.3. The zero-order chi connectivity index (χ0) is 29.4. The van der Waals surface area contributed by atoms with Crippen molar-refractivity contribution in [3.63, 3.8) is 0 Å². The van der Waals surface area contributed by atoms with Gasteiger partial charge in [0.1, 0.15) is 6.61 Å². The number of aliphatic carboxylic acids is 1. The highest BCUT2D eigenvalue weighted by atomic mass is 16.6. The van der Waals surface area contributed by atoms with Gasteiger partial charge in [0.15, 0.2) is 12.1 Å². The van der Waals surface area contributed by atoms with Gasteiger partial charge in [-0.3, -0.25) is 9.59 Å². The first-order chi connectivity index (χ1) is 18.6. The van der Waals surface area contributed by atoms with Crippen molar-refractivity contribution in [1.29, 1.82) is 0 Å². The maximum absolute atomic E-state index is 12.4. The lowest BCUT2D eigenvalue weighted by Crippen LogP contribution is -2.50. The molecule has 226 valence electrons. The SMILES string of the molecule is CCCC/C=C\C/C=C\CCCCCCCC(=O)OC(COCCC(C(=O)O)[N+](C)(C)C)COC(=O)CCC. The molecule has 0 amide bonds. The Balaban J connectivity index is 4.27. The van der Waals surface area contributed by atoms with Crippen molar-refractivity contribution in [2.45, 2.75) is 116 Å². The van der Waals surface area contributed by atoms with Crippen LogP contribution >= 0.6 is 0 Å². The number of hydrogen-bond donors (Lipinski definition) is 1. The third-order valence-corrected chi connectivity index (χ3v) is 6.32. The van der Waals surface area contributed by atoms with E-state index in [4.69, 9.17) is 14.2 Å². The minimum absolute atomic E-state index is 0.0523. The first-order valence-corrected chi connectivity index (χ1v) is 14.9. The molecular weight excluding hydrogens is 498 g/mol. The molecule has 8 heteroatoms. The Kier molecular flexibility index (Phi) is 22.3. The van der Waals surface area contributed by atoms with Crippen molar-refractivity contribution < 1.29 is 38.2 Å². The number of carbonyl (C=O) groups excluding carboxylic acids is 2. The number of unbranched alkanes of at least 4 members (excludes halogenated alkanes) is 7. The second-order valence-corrected chi connectivity index (χ2v) is 11.0. The Morgan fingerprint density at radius 3 is 2.03 bits per heavy atom. The van der Waals surface area contributed by atoms with Gasteiger partial charge in [-0.25, -0.2) is 4.79 Å². The van der Waals surface area contributed by atoms with Gasteiger partial charge in [-0.05, 0) is 38.5 Å². The van der Waals surface area contributed by atoms with Crippen LogP contribution in [0.4, 0.5) is 0 Å². The van der Waals surface area contributed by atoms with E-state index in [2.05, 4.69) is 31.2 Å². The number of carbonyl (C=O) groups is 3. The van der Waals surface area contributed by atoms with E-state index in [0.29, 0.717) is 25.7 Å². The Morgan fingerprint density at radius 1 is 0.769 bits per heavy atom. The molecule has 0 spiro atoms. The molecule has 8 nitrogen and oxygen atoms in total. The van der Waals surface area contributed by atoms with Crippen LogP contribution in [0.2, 0.25) is 0 Å². The molecule has 0 aromatic heterocycles. The van der Waals surface area contributed by atoms with Gasteiger partial charge in [-0.1, -0.05) is 70.3 Å². The molecule has 39 heavy (non-hydrogen) atoms. The minimum atomic E-state index is -0.885. The van der Waals surface area contributed by atoms with Crippen molar-refractivity contribution in [3.05, 3.63) is 24.3 Å². The van der Waals surface area contributed by atoms with Crippen LogP contribution in [0.1, 0.15) is 104 Å². The highest BCUT2D eigenvalue weighted by Gasteiger charge is 2.31. The summed E-state index contributed by atoms with van der Waals surface area (Å²) in [6, 6.07) is -0.609. The first-order valence-electron chi connectivity index (χ1n) is 14.9. The summed E-state index contributed by atoms with van der Waals surface area (Å²) in [4.78, 5) is 35.7. The molecule has 0 aromatic carbocycles. The van der Waals surface area contributed by atoms with Crippen molar-refractivity contribution in [2.75, 3.05) is 41.0 Å². The average molecular weight is 555 g/mol. The third kappa shape index (κ3) is 22.3. The number of nitrogens with zero attached hydrogens (tertiary/aromatic N) is 1. The van der Waals surface area contributed by atoms with Crippen LogP contribution in [-0.4, -0.2) is 80.6 Å². The second kappa shape index (κ2) is 23.7. The van der Waals surface area contributed by atoms with E-state index in [0.717, 1.165) is 44.9 Å². The average Bonchev–Trinajstić information content (AvgIpc) is 2.86. The second-order valence-electron chi connectivity index (χ2n) is 11.0. The Labute approximate surface area is 237 Å². The van der Waals surface area contributed by atoms with Crippen LogP contribution in [0.25, 0.3) is 0 Å². The molecule has 0 bridgehead atoms. The number of hydrogen-bond acceptors (Lipinski definition) is 6. The Bertz CT molecular complexity index is 712. The van der Waals surface area contributed by atoms with Crippen molar-refractivity contribution in [2.24, 2.45) is 0 Å². The molecule has 0 aliphatic rings. The Hall–Kier alpha value is -2.19. The summed E-state index contributed by atoms with van der Waals surface area (Å²) < 4.78 is 16.7. The van der Waals surface area contributed by atoms with Crippen LogP contribution < -0.4 is 0 Å². The number of quaternary nitrogens is 1. The van der Waals surface area contributed by atoms with Crippen LogP contribution in [0.3, 0.4) is 0 Å². The summed E-state index contributed by atoms with van der Waals surface area (Å²) in [6.45, 7) is 4.29. The lowest BCUT2D eigenvalue weighted by Gasteiger charge is -2.31. The number of likely N-dealkylation sites (N-methyl/N-ethyl adjacent to an activating group) is 1. The molecule has 0 rings (SSSR count). The number of allylic oxidation sites excluding steroid dienone is 4. The normalized spacial score (nSPS) is 13.6. The van der Waals surface area contributed by atoms with E-state index in [1.54, 1.807) is 0 Å². The molecule has 0 aliphatic heterocycles. The zero-order valence-corrected chi connectivity index (χ0v) is 25.3. The lowest BCUT2D eigenvalue weighted by atomic mass is 10.1. The van der Waals surface area contributed by atoms with Gasteiger partial charge in [0.05, 0.1) is 34.4 Å². The standard InChI is InChI=1S/C31H55NO7/c1-6-8-9-10-11-12-13-14-15-16-17-18-19-20-22-30(34)39-27(26-38-29(33)21-7-2)25-37-24-23-28(31(35)36)32(3,4)5/h10-11,13-14,27-28H,6-9,12,15-26H2,1-5H3/p+1/b11-10-,14-13-. The van der Waals surface area contributed by atoms with Crippen molar-refractivity contribution in [1.82, 2.24) is 0 Å². The van der Waals surface area contributed by atoms with Gasteiger partial charge in [0, 0.05) is 19.3 Å². The van der Waals surface area contributed by atoms with E-state index < -0.39 is 18.1 Å². The van der Waals surface area contributed by atoms with Gasteiger partial charge < -0.3 is 23.8 Å². The summed E-state index contributed by atoms with van der Waals surface area (Å²) >= 11 is 0. The topological polar surface area (TPSA) is 99.1 Å². The van der Waals surface area contributed by atoms with Crippen molar-refractivity contribution >= 4 is 17.9 Å². The van der Waals surface area contributed by atoms with E-state index in [1.165, 1.54) is 19.3 Å². The minimum Gasteiger partial charge on any atom is -0.477 e. The number of esters is 2. The molecule has 0 aromatic rings. The largest absolute Gasteiger partial charge is 0.477 e. The monoisotopic (exact) mass is 554 g/mol. The number of carboxylic acid groups (broad SMARTS) is 1. The van der Waals surface area contributed by atoms with Crippen LogP contribution in [0.15, 0.2) is 24.3 Å². The predicted molar refractivity (Wildman–Crippen MR) is 155 cm³/mol. The smallest absolute Gasteiger partial charge is 0.362 e. The van der Waals surface area contributed by atoms with Gasteiger partial charge in [0.25, 0.3) is 0 Å². The molecule has 0 saturated heterocycles. The van der Waals surface area contributed by atoms with E-state index in [-0.39, 0.29) is 36.2 Å². The molecule has 1 N–H and O–H groups in total.